The van der Waals surface area contributed by atoms with Crippen LogP contribution in [0.3, 0.4) is 0 Å². The van der Waals surface area contributed by atoms with Crippen molar-refractivity contribution >= 4 is 11.6 Å². The molecule has 3 aromatic rings. The third-order valence-electron chi connectivity index (χ3n) is 3.80. The number of nitrogens with zero attached hydrogens (tertiary/aromatic N) is 3. The zero-order chi connectivity index (χ0) is 14.9. The summed E-state index contributed by atoms with van der Waals surface area (Å²) in [4.78, 5) is 0. The van der Waals surface area contributed by atoms with Crippen LogP contribution in [0.15, 0.2) is 48.5 Å². The van der Waals surface area contributed by atoms with Gasteiger partial charge in [0.15, 0.2) is 0 Å². The molecular formula is C17H14ClN3O. The molecule has 0 saturated carbocycles. The zero-order valence-electron chi connectivity index (χ0n) is 11.9. The van der Waals surface area contributed by atoms with Gasteiger partial charge in [0.1, 0.15) is 5.69 Å². The summed E-state index contributed by atoms with van der Waals surface area (Å²) >= 11 is 6.07. The molecule has 0 radical (unpaired) electrons. The van der Waals surface area contributed by atoms with E-state index in [4.69, 9.17) is 16.3 Å². The Hall–Kier alpha value is -2.17. The van der Waals surface area contributed by atoms with Crippen LogP contribution >= 0.6 is 11.6 Å². The van der Waals surface area contributed by atoms with E-state index in [1.807, 2.05) is 41.1 Å². The summed E-state index contributed by atoms with van der Waals surface area (Å²) in [5, 5.41) is 9.33. The Balaban J connectivity index is 1.80. The van der Waals surface area contributed by atoms with E-state index < -0.39 is 0 Å². The highest BCUT2D eigenvalue weighted by atomic mass is 35.5. The third-order valence-corrected chi connectivity index (χ3v) is 4.03. The first-order valence-electron chi connectivity index (χ1n) is 7.14. The van der Waals surface area contributed by atoms with Crippen LogP contribution in [0, 0.1) is 0 Å². The predicted molar refractivity (Wildman–Crippen MR) is 84.5 cm³/mol. The molecule has 0 amide bonds. The van der Waals surface area contributed by atoms with Gasteiger partial charge in [0.25, 0.3) is 0 Å². The molecule has 0 N–H and O–H groups in total. The number of benzene rings is 2. The maximum Gasteiger partial charge on any atom is 0.116 e. The van der Waals surface area contributed by atoms with E-state index in [9.17, 15) is 0 Å². The normalized spacial score (nSPS) is 13.3. The molecule has 0 spiro atoms. The van der Waals surface area contributed by atoms with Crippen LogP contribution in [-0.4, -0.2) is 15.0 Å². The van der Waals surface area contributed by atoms with Crippen LogP contribution in [0.25, 0.3) is 11.3 Å². The minimum atomic E-state index is 0.486. The quantitative estimate of drug-likeness (QED) is 0.725. The van der Waals surface area contributed by atoms with Crippen molar-refractivity contribution < 1.29 is 4.74 Å². The second-order valence-corrected chi connectivity index (χ2v) is 5.76. The van der Waals surface area contributed by atoms with Gasteiger partial charge >= 0.3 is 0 Å². The van der Waals surface area contributed by atoms with E-state index in [2.05, 4.69) is 22.4 Å². The molecule has 0 fully saturated rings. The lowest BCUT2D eigenvalue weighted by Gasteiger charge is -2.09. The first-order chi connectivity index (χ1) is 10.8. The molecule has 0 saturated heterocycles. The Bertz CT molecular complexity index is 828. The van der Waals surface area contributed by atoms with Crippen molar-refractivity contribution in [3.05, 3.63) is 70.4 Å². The number of hydrogen-bond acceptors (Lipinski definition) is 3. The van der Waals surface area contributed by atoms with Crippen molar-refractivity contribution in [2.75, 3.05) is 0 Å². The Morgan fingerprint density at radius 1 is 1.09 bits per heavy atom. The highest BCUT2D eigenvalue weighted by molar-refractivity contribution is 6.30. The minimum absolute atomic E-state index is 0.486. The van der Waals surface area contributed by atoms with E-state index in [-0.39, 0.29) is 0 Å². The van der Waals surface area contributed by atoms with Gasteiger partial charge in [-0.2, -0.15) is 0 Å². The van der Waals surface area contributed by atoms with Gasteiger partial charge in [-0.1, -0.05) is 53.2 Å². The number of halogens is 1. The Morgan fingerprint density at radius 3 is 2.91 bits per heavy atom. The molecule has 5 heteroatoms. The van der Waals surface area contributed by atoms with Crippen LogP contribution in [0.4, 0.5) is 0 Å². The number of rotatable bonds is 2. The molecular weight excluding hydrogens is 298 g/mol. The fraction of sp³-hybridized carbons (Fsp3) is 0.176. The van der Waals surface area contributed by atoms with Crippen molar-refractivity contribution in [1.82, 2.24) is 15.0 Å². The zero-order valence-corrected chi connectivity index (χ0v) is 12.6. The van der Waals surface area contributed by atoms with Gasteiger partial charge in [0, 0.05) is 10.6 Å². The fourth-order valence-electron chi connectivity index (χ4n) is 2.79. The van der Waals surface area contributed by atoms with Gasteiger partial charge in [-0.05, 0) is 23.3 Å². The maximum atomic E-state index is 6.07. The van der Waals surface area contributed by atoms with Crippen molar-refractivity contribution in [3.8, 4) is 11.3 Å². The van der Waals surface area contributed by atoms with Crippen molar-refractivity contribution in [2.24, 2.45) is 0 Å². The fourth-order valence-corrected chi connectivity index (χ4v) is 3.01. The van der Waals surface area contributed by atoms with E-state index in [1.165, 1.54) is 0 Å². The molecule has 0 aliphatic carbocycles. The maximum absolute atomic E-state index is 6.07. The van der Waals surface area contributed by atoms with Crippen LogP contribution in [0.1, 0.15) is 16.8 Å². The summed E-state index contributed by atoms with van der Waals surface area (Å²) in [7, 11) is 0. The molecule has 4 rings (SSSR count). The van der Waals surface area contributed by atoms with Crippen LogP contribution in [0.5, 0.6) is 0 Å². The highest BCUT2D eigenvalue weighted by Gasteiger charge is 2.21. The van der Waals surface area contributed by atoms with E-state index in [0.29, 0.717) is 19.8 Å². The molecule has 1 aromatic heterocycles. The standard InChI is InChI=1S/C17H14ClN3O/c18-14-6-3-4-12(8-14)9-21-17-15-7-2-1-5-13(15)10-22-11-16(17)19-20-21/h1-8H,9-11H2. The molecule has 0 unspecified atom stereocenters. The van der Waals surface area contributed by atoms with Gasteiger partial charge in [0.2, 0.25) is 0 Å². The van der Waals surface area contributed by atoms with Gasteiger partial charge < -0.3 is 4.74 Å². The molecule has 1 aliphatic heterocycles. The first kappa shape index (κ1) is 13.5. The van der Waals surface area contributed by atoms with Gasteiger partial charge in [-0.3, -0.25) is 0 Å². The lowest BCUT2D eigenvalue weighted by molar-refractivity contribution is 0.107. The number of aromatic nitrogens is 3. The number of hydrogen-bond donors (Lipinski definition) is 0. The Kier molecular flexibility index (Phi) is 3.41. The van der Waals surface area contributed by atoms with Crippen molar-refractivity contribution in [1.29, 1.82) is 0 Å². The molecule has 0 bridgehead atoms. The van der Waals surface area contributed by atoms with E-state index in [0.717, 1.165) is 33.1 Å². The smallest absolute Gasteiger partial charge is 0.116 e. The summed E-state index contributed by atoms with van der Waals surface area (Å²) < 4.78 is 7.62. The first-order valence-corrected chi connectivity index (χ1v) is 7.52. The van der Waals surface area contributed by atoms with E-state index >= 15 is 0 Å². The lowest BCUT2D eigenvalue weighted by atomic mass is 10.0. The predicted octanol–water partition coefficient (Wildman–Crippen LogP) is 3.68. The molecule has 0 atom stereocenters. The monoisotopic (exact) mass is 311 g/mol. The molecule has 1 aliphatic rings. The number of ether oxygens (including phenoxy) is 1. The molecule has 2 aromatic carbocycles. The topological polar surface area (TPSA) is 39.9 Å². The molecule has 110 valence electrons. The summed E-state index contributed by atoms with van der Waals surface area (Å²) in [6.45, 7) is 1.72. The summed E-state index contributed by atoms with van der Waals surface area (Å²) in [5.41, 5.74) is 5.32. The van der Waals surface area contributed by atoms with Gasteiger partial charge in [0.05, 0.1) is 25.5 Å². The van der Waals surface area contributed by atoms with Gasteiger partial charge in [-0.15, -0.1) is 5.10 Å². The Morgan fingerprint density at radius 2 is 2.00 bits per heavy atom. The summed E-state index contributed by atoms with van der Waals surface area (Å²) in [5.74, 6) is 0. The SMILES string of the molecule is Clc1cccc(Cn2nnc3c2-c2ccccc2COC3)c1. The molecule has 22 heavy (non-hydrogen) atoms. The molecule has 4 nitrogen and oxygen atoms in total. The second kappa shape index (κ2) is 5.55. The van der Waals surface area contributed by atoms with Crippen LogP contribution in [0.2, 0.25) is 5.02 Å². The summed E-state index contributed by atoms with van der Waals surface area (Å²) in [6, 6.07) is 16.1. The van der Waals surface area contributed by atoms with Crippen molar-refractivity contribution in [3.63, 3.8) is 0 Å². The van der Waals surface area contributed by atoms with Crippen molar-refractivity contribution in [2.45, 2.75) is 19.8 Å². The summed E-state index contributed by atoms with van der Waals surface area (Å²) in [6.07, 6.45) is 0. The largest absolute Gasteiger partial charge is 0.370 e. The average Bonchev–Trinajstić information content (AvgIpc) is 2.81. The van der Waals surface area contributed by atoms with E-state index in [1.54, 1.807) is 0 Å². The second-order valence-electron chi connectivity index (χ2n) is 5.32. The molecule has 2 heterocycles. The average molecular weight is 312 g/mol. The minimum Gasteiger partial charge on any atom is -0.370 e. The highest BCUT2D eigenvalue weighted by Crippen LogP contribution is 2.30. The number of fused-ring (bicyclic) bond motifs is 3. The lowest BCUT2D eigenvalue weighted by Crippen LogP contribution is -2.05. The third kappa shape index (κ3) is 2.40. The van der Waals surface area contributed by atoms with Gasteiger partial charge in [-0.25, -0.2) is 4.68 Å². The van der Waals surface area contributed by atoms with Crippen LogP contribution in [-0.2, 0) is 24.5 Å². The Labute approximate surface area is 133 Å². The van der Waals surface area contributed by atoms with Crippen LogP contribution < -0.4 is 0 Å².